The Hall–Kier alpha value is -1.72. The maximum atomic E-state index is 12.8. The number of nitrogens with zero attached hydrogens (tertiary/aromatic N) is 1. The van der Waals surface area contributed by atoms with Crippen LogP contribution in [0.3, 0.4) is 0 Å². The summed E-state index contributed by atoms with van der Waals surface area (Å²) < 4.78 is 38.4. The van der Waals surface area contributed by atoms with Gasteiger partial charge < -0.3 is 10.6 Å². The quantitative estimate of drug-likeness (QED) is 0.658. The molecule has 0 radical (unpaired) electrons. The Morgan fingerprint density at radius 1 is 1.24 bits per heavy atom. The highest BCUT2D eigenvalue weighted by atomic mass is 19.4. The lowest BCUT2D eigenvalue weighted by atomic mass is 9.86. The van der Waals surface area contributed by atoms with Crippen molar-refractivity contribution in [2.24, 2.45) is 11.1 Å². The van der Waals surface area contributed by atoms with Gasteiger partial charge in [-0.05, 0) is 30.5 Å². The Kier molecular flexibility index (Phi) is 4.60. The van der Waals surface area contributed by atoms with Crippen molar-refractivity contribution in [3.05, 3.63) is 29.3 Å². The monoisotopic (exact) mass is 301 g/mol. The molecule has 1 aromatic carbocycles. The standard InChI is InChI=1S/C15H22F3N3/c1-9(14(2,3)4)21(5)12-7-6-10(15(16,17)18)8-11(12)13(19)20/h6-9H,1-5H3,(H3,19,20). The first kappa shape index (κ1) is 17.3. The van der Waals surface area contributed by atoms with Crippen molar-refractivity contribution in [2.75, 3.05) is 11.9 Å². The van der Waals surface area contributed by atoms with Gasteiger partial charge in [0.05, 0.1) is 5.56 Å². The van der Waals surface area contributed by atoms with Gasteiger partial charge in [-0.3, -0.25) is 5.41 Å². The molecule has 21 heavy (non-hydrogen) atoms. The number of hydrogen-bond donors (Lipinski definition) is 2. The van der Waals surface area contributed by atoms with Crippen molar-refractivity contribution in [1.29, 1.82) is 5.41 Å². The van der Waals surface area contributed by atoms with Gasteiger partial charge in [0, 0.05) is 24.3 Å². The minimum atomic E-state index is -4.45. The number of alkyl halides is 3. The maximum absolute atomic E-state index is 12.8. The highest BCUT2D eigenvalue weighted by molar-refractivity contribution is 6.00. The molecule has 0 aromatic heterocycles. The zero-order valence-electron chi connectivity index (χ0n) is 13.0. The van der Waals surface area contributed by atoms with E-state index in [0.717, 1.165) is 12.1 Å². The predicted octanol–water partition coefficient (Wildman–Crippen LogP) is 3.86. The molecule has 0 aliphatic heterocycles. The number of nitrogen functional groups attached to an aromatic ring is 1. The molecule has 0 aliphatic carbocycles. The molecule has 0 spiro atoms. The lowest BCUT2D eigenvalue weighted by Crippen LogP contribution is -2.40. The Morgan fingerprint density at radius 3 is 2.14 bits per heavy atom. The summed E-state index contributed by atoms with van der Waals surface area (Å²) in [4.78, 5) is 1.86. The van der Waals surface area contributed by atoms with E-state index in [1.54, 1.807) is 7.05 Å². The summed E-state index contributed by atoms with van der Waals surface area (Å²) >= 11 is 0. The van der Waals surface area contributed by atoms with Crippen LogP contribution in [0.25, 0.3) is 0 Å². The van der Waals surface area contributed by atoms with Crippen molar-refractivity contribution < 1.29 is 13.2 Å². The fourth-order valence-electron chi connectivity index (χ4n) is 2.03. The second-order valence-corrected chi connectivity index (χ2v) is 6.30. The molecule has 0 heterocycles. The van der Waals surface area contributed by atoms with Crippen LogP contribution in [0.2, 0.25) is 0 Å². The third-order valence-corrected chi connectivity index (χ3v) is 3.83. The smallest absolute Gasteiger partial charge is 0.384 e. The number of benzene rings is 1. The van der Waals surface area contributed by atoms with Gasteiger partial charge in [0.2, 0.25) is 0 Å². The van der Waals surface area contributed by atoms with Gasteiger partial charge in [-0.25, -0.2) is 0 Å². The minimum Gasteiger partial charge on any atom is -0.384 e. The Labute approximate surface area is 123 Å². The van der Waals surface area contributed by atoms with E-state index in [-0.39, 0.29) is 22.9 Å². The molecule has 3 N–H and O–H groups in total. The summed E-state index contributed by atoms with van der Waals surface area (Å²) in [7, 11) is 1.80. The van der Waals surface area contributed by atoms with Crippen LogP contribution in [-0.4, -0.2) is 18.9 Å². The molecule has 0 saturated carbocycles. The normalized spacial score (nSPS) is 13.9. The lowest BCUT2D eigenvalue weighted by molar-refractivity contribution is -0.137. The van der Waals surface area contributed by atoms with E-state index in [4.69, 9.17) is 11.1 Å². The summed E-state index contributed by atoms with van der Waals surface area (Å²) in [5, 5.41) is 7.55. The SMILES string of the molecule is CC(N(C)c1ccc(C(F)(F)F)cc1C(=N)N)C(C)(C)C. The van der Waals surface area contributed by atoms with Gasteiger partial charge in [-0.1, -0.05) is 20.8 Å². The summed E-state index contributed by atoms with van der Waals surface area (Å²) in [6.45, 7) is 8.13. The third kappa shape index (κ3) is 3.89. The van der Waals surface area contributed by atoms with Crippen LogP contribution < -0.4 is 10.6 Å². The molecule has 0 aliphatic rings. The highest BCUT2D eigenvalue weighted by Crippen LogP contribution is 2.34. The van der Waals surface area contributed by atoms with Gasteiger partial charge in [-0.15, -0.1) is 0 Å². The molecule has 3 nitrogen and oxygen atoms in total. The second kappa shape index (κ2) is 5.58. The number of nitrogens with one attached hydrogen (secondary N) is 1. The second-order valence-electron chi connectivity index (χ2n) is 6.30. The van der Waals surface area contributed by atoms with E-state index in [2.05, 4.69) is 0 Å². The van der Waals surface area contributed by atoms with E-state index in [1.807, 2.05) is 32.6 Å². The van der Waals surface area contributed by atoms with Crippen molar-refractivity contribution in [2.45, 2.75) is 39.9 Å². The van der Waals surface area contributed by atoms with Crippen LogP contribution in [0.1, 0.15) is 38.8 Å². The van der Waals surface area contributed by atoms with Crippen LogP contribution >= 0.6 is 0 Å². The van der Waals surface area contributed by atoms with Crippen molar-refractivity contribution in [3.63, 3.8) is 0 Å². The molecule has 118 valence electrons. The van der Waals surface area contributed by atoms with Gasteiger partial charge in [0.25, 0.3) is 0 Å². The van der Waals surface area contributed by atoms with Crippen LogP contribution in [0.5, 0.6) is 0 Å². The van der Waals surface area contributed by atoms with Gasteiger partial charge >= 0.3 is 6.18 Å². The molecule has 0 fully saturated rings. The Bertz CT molecular complexity index is 530. The summed E-state index contributed by atoms with van der Waals surface area (Å²) in [5.41, 5.74) is 5.23. The summed E-state index contributed by atoms with van der Waals surface area (Å²) in [6.07, 6.45) is -4.45. The van der Waals surface area contributed by atoms with E-state index >= 15 is 0 Å². The lowest BCUT2D eigenvalue weighted by Gasteiger charge is -2.37. The Morgan fingerprint density at radius 2 is 1.76 bits per heavy atom. The molecule has 6 heteroatoms. The van der Waals surface area contributed by atoms with Gasteiger partial charge in [0.1, 0.15) is 5.84 Å². The average Bonchev–Trinajstić information content (AvgIpc) is 2.34. The largest absolute Gasteiger partial charge is 0.416 e. The number of rotatable bonds is 3. The zero-order valence-corrected chi connectivity index (χ0v) is 13.0. The molecule has 1 unspecified atom stereocenters. The van der Waals surface area contributed by atoms with E-state index in [1.165, 1.54) is 6.07 Å². The van der Waals surface area contributed by atoms with E-state index < -0.39 is 11.7 Å². The highest BCUT2D eigenvalue weighted by Gasteiger charge is 2.32. The van der Waals surface area contributed by atoms with Crippen molar-refractivity contribution in [1.82, 2.24) is 0 Å². The predicted molar refractivity (Wildman–Crippen MR) is 79.8 cm³/mol. The first-order chi connectivity index (χ1) is 9.35. The van der Waals surface area contributed by atoms with Gasteiger partial charge in [-0.2, -0.15) is 13.2 Å². The molecule has 0 bridgehead atoms. The van der Waals surface area contributed by atoms with Crippen LogP contribution in [-0.2, 0) is 6.18 Å². The fourth-order valence-corrected chi connectivity index (χ4v) is 2.03. The molecule has 1 rings (SSSR count). The fraction of sp³-hybridized carbons (Fsp3) is 0.533. The number of hydrogen-bond acceptors (Lipinski definition) is 2. The molecule has 1 atom stereocenters. The number of amidine groups is 1. The van der Waals surface area contributed by atoms with Crippen LogP contribution in [0, 0.1) is 10.8 Å². The molecule has 0 saturated heterocycles. The van der Waals surface area contributed by atoms with Crippen molar-refractivity contribution in [3.8, 4) is 0 Å². The Balaban J connectivity index is 3.34. The average molecular weight is 301 g/mol. The van der Waals surface area contributed by atoms with E-state index in [0.29, 0.717) is 5.69 Å². The first-order valence-corrected chi connectivity index (χ1v) is 6.64. The zero-order chi connectivity index (χ0) is 16.6. The maximum Gasteiger partial charge on any atom is 0.416 e. The molecule has 1 aromatic rings. The summed E-state index contributed by atoms with van der Waals surface area (Å²) in [6, 6.07) is 3.39. The number of halogens is 3. The number of anilines is 1. The third-order valence-electron chi connectivity index (χ3n) is 3.83. The van der Waals surface area contributed by atoms with Gasteiger partial charge in [0.15, 0.2) is 0 Å². The topological polar surface area (TPSA) is 53.1 Å². The number of nitrogens with two attached hydrogens (primary N) is 1. The van der Waals surface area contributed by atoms with Crippen LogP contribution in [0.15, 0.2) is 18.2 Å². The van der Waals surface area contributed by atoms with E-state index in [9.17, 15) is 13.2 Å². The summed E-state index contributed by atoms with van der Waals surface area (Å²) in [5.74, 6) is -0.371. The molecular weight excluding hydrogens is 279 g/mol. The van der Waals surface area contributed by atoms with Crippen LogP contribution in [0.4, 0.5) is 18.9 Å². The van der Waals surface area contributed by atoms with Crippen molar-refractivity contribution >= 4 is 11.5 Å². The molecular formula is C15H22F3N3. The first-order valence-electron chi connectivity index (χ1n) is 6.64. The molecule has 0 amide bonds. The minimum absolute atomic E-state index is 0.0623.